The molecule has 1 atom stereocenters. The molecule has 0 unspecified atom stereocenters. The number of aromatic nitrogens is 4. The zero-order chi connectivity index (χ0) is 12.3. The second-order valence-corrected chi connectivity index (χ2v) is 4.38. The molecule has 0 saturated carbocycles. The van der Waals surface area contributed by atoms with Gasteiger partial charge in [-0.15, -0.1) is 5.10 Å². The molecule has 7 heteroatoms. The second-order valence-electron chi connectivity index (χ2n) is 3.46. The molecule has 1 aromatic carbocycles. The third-order valence-corrected chi connectivity index (χ3v) is 2.78. The molecule has 6 nitrogen and oxygen atoms in total. The van der Waals surface area contributed by atoms with Crippen LogP contribution in [0.1, 0.15) is 13.0 Å². The molecule has 88 valence electrons. The van der Waals surface area contributed by atoms with E-state index >= 15 is 0 Å². The van der Waals surface area contributed by atoms with E-state index in [1.807, 2.05) is 24.3 Å². The van der Waals surface area contributed by atoms with Gasteiger partial charge in [0.1, 0.15) is 12.4 Å². The van der Waals surface area contributed by atoms with Gasteiger partial charge >= 0.3 is 0 Å². The Bertz CT molecular complexity index is 496. The molecule has 0 aliphatic heterocycles. The minimum atomic E-state index is -0.450. The van der Waals surface area contributed by atoms with Crippen molar-refractivity contribution in [2.45, 2.75) is 13.0 Å². The third kappa shape index (κ3) is 2.88. The normalized spacial score (nSPS) is 12.1. The highest BCUT2D eigenvalue weighted by atomic mass is 79.9. The number of anilines is 1. The Morgan fingerprint density at radius 2 is 2.12 bits per heavy atom. The highest BCUT2D eigenvalue weighted by molar-refractivity contribution is 9.10. The average Bonchev–Trinajstić information content (AvgIpc) is 2.84. The summed E-state index contributed by atoms with van der Waals surface area (Å²) in [7, 11) is 0. The maximum Gasteiger partial charge on any atom is 0.249 e. The fourth-order valence-corrected chi connectivity index (χ4v) is 1.51. The van der Waals surface area contributed by atoms with Gasteiger partial charge in [0, 0.05) is 10.2 Å². The van der Waals surface area contributed by atoms with Crippen LogP contribution in [0.2, 0.25) is 0 Å². The Morgan fingerprint density at radius 1 is 1.41 bits per heavy atom. The number of nitrogens with one attached hydrogen (secondary N) is 1. The fraction of sp³-hybridized carbons (Fsp3) is 0.200. The lowest BCUT2D eigenvalue weighted by atomic mass is 10.3. The van der Waals surface area contributed by atoms with Crippen LogP contribution in [0.25, 0.3) is 0 Å². The van der Waals surface area contributed by atoms with E-state index in [-0.39, 0.29) is 5.91 Å². The van der Waals surface area contributed by atoms with Gasteiger partial charge in [-0.25, -0.2) is 4.68 Å². The van der Waals surface area contributed by atoms with Crippen molar-refractivity contribution >= 4 is 27.5 Å². The van der Waals surface area contributed by atoms with E-state index in [1.54, 1.807) is 6.92 Å². The zero-order valence-electron chi connectivity index (χ0n) is 9.04. The van der Waals surface area contributed by atoms with Crippen LogP contribution < -0.4 is 5.32 Å². The van der Waals surface area contributed by atoms with Gasteiger partial charge in [0.15, 0.2) is 0 Å². The van der Waals surface area contributed by atoms with E-state index in [0.717, 1.165) is 10.2 Å². The monoisotopic (exact) mass is 295 g/mol. The van der Waals surface area contributed by atoms with Gasteiger partial charge in [-0.3, -0.25) is 4.79 Å². The molecular formula is C10H10BrN5O. The van der Waals surface area contributed by atoms with Crippen LogP contribution in [0.4, 0.5) is 5.69 Å². The molecule has 0 aliphatic carbocycles. The maximum absolute atomic E-state index is 11.9. The number of rotatable bonds is 3. The summed E-state index contributed by atoms with van der Waals surface area (Å²) in [6, 6.07) is 6.89. The van der Waals surface area contributed by atoms with Gasteiger partial charge in [-0.05, 0) is 41.6 Å². The molecule has 2 rings (SSSR count). The number of hydrogen-bond acceptors (Lipinski definition) is 4. The standard InChI is InChI=1S/C10H10BrN5O/c1-7(16-6-12-14-15-16)10(17)13-9-4-2-8(11)3-5-9/h2-7H,1H3,(H,13,17)/t7-/m1/s1. The van der Waals surface area contributed by atoms with Gasteiger partial charge in [-0.1, -0.05) is 15.9 Å². The lowest BCUT2D eigenvalue weighted by molar-refractivity contribution is -0.119. The summed E-state index contributed by atoms with van der Waals surface area (Å²) >= 11 is 3.33. The molecule has 0 spiro atoms. The highest BCUT2D eigenvalue weighted by Gasteiger charge is 2.15. The summed E-state index contributed by atoms with van der Waals surface area (Å²) in [6.07, 6.45) is 1.41. The van der Waals surface area contributed by atoms with Crippen molar-refractivity contribution in [1.29, 1.82) is 0 Å². The summed E-state index contributed by atoms with van der Waals surface area (Å²) in [5.74, 6) is -0.167. The van der Waals surface area contributed by atoms with Crippen LogP contribution in [-0.2, 0) is 4.79 Å². The molecule has 0 aliphatic rings. The topological polar surface area (TPSA) is 72.7 Å². The Hall–Kier alpha value is -1.76. The summed E-state index contributed by atoms with van der Waals surface area (Å²) < 4.78 is 2.36. The lowest BCUT2D eigenvalue weighted by Crippen LogP contribution is -2.24. The van der Waals surface area contributed by atoms with Crippen molar-refractivity contribution in [3.8, 4) is 0 Å². The van der Waals surface area contributed by atoms with Crippen LogP contribution in [0.3, 0.4) is 0 Å². The molecule has 1 aromatic heterocycles. The van der Waals surface area contributed by atoms with Crippen molar-refractivity contribution in [2.75, 3.05) is 5.32 Å². The molecule has 0 saturated heterocycles. The summed E-state index contributed by atoms with van der Waals surface area (Å²) in [6.45, 7) is 1.73. The van der Waals surface area contributed by atoms with Gasteiger partial charge in [0.2, 0.25) is 5.91 Å². The first-order valence-electron chi connectivity index (χ1n) is 4.96. The van der Waals surface area contributed by atoms with E-state index in [2.05, 4.69) is 36.8 Å². The number of halogens is 1. The smallest absolute Gasteiger partial charge is 0.249 e. The van der Waals surface area contributed by atoms with Gasteiger partial charge < -0.3 is 5.32 Å². The van der Waals surface area contributed by atoms with Crippen molar-refractivity contribution < 1.29 is 4.79 Å². The van der Waals surface area contributed by atoms with E-state index < -0.39 is 6.04 Å². The summed E-state index contributed by atoms with van der Waals surface area (Å²) in [4.78, 5) is 11.9. The Kier molecular flexibility index (Phi) is 3.48. The van der Waals surface area contributed by atoms with Crippen LogP contribution in [0.15, 0.2) is 35.1 Å². The molecule has 1 N–H and O–H groups in total. The predicted octanol–water partition coefficient (Wildman–Crippen LogP) is 1.64. The van der Waals surface area contributed by atoms with E-state index in [9.17, 15) is 4.79 Å². The SMILES string of the molecule is C[C@H](C(=O)Nc1ccc(Br)cc1)n1cnnn1. The van der Waals surface area contributed by atoms with Crippen LogP contribution in [-0.4, -0.2) is 26.1 Å². The molecule has 0 bridgehead atoms. The number of hydrogen-bond donors (Lipinski definition) is 1. The minimum Gasteiger partial charge on any atom is -0.324 e. The van der Waals surface area contributed by atoms with Gasteiger partial charge in [-0.2, -0.15) is 0 Å². The average molecular weight is 296 g/mol. The highest BCUT2D eigenvalue weighted by Crippen LogP contribution is 2.15. The first-order chi connectivity index (χ1) is 8.16. The maximum atomic E-state index is 11.9. The van der Waals surface area contributed by atoms with Crippen LogP contribution >= 0.6 is 15.9 Å². The Morgan fingerprint density at radius 3 is 2.71 bits per heavy atom. The number of tetrazole rings is 1. The minimum absolute atomic E-state index is 0.167. The summed E-state index contributed by atoms with van der Waals surface area (Å²) in [5.41, 5.74) is 0.734. The fourth-order valence-electron chi connectivity index (χ4n) is 1.25. The van der Waals surface area contributed by atoms with Crippen molar-refractivity contribution in [3.63, 3.8) is 0 Å². The first-order valence-corrected chi connectivity index (χ1v) is 5.75. The Labute approximate surface area is 106 Å². The van der Waals surface area contributed by atoms with Crippen LogP contribution in [0, 0.1) is 0 Å². The van der Waals surface area contributed by atoms with Crippen LogP contribution in [0.5, 0.6) is 0 Å². The number of amides is 1. The number of carbonyl (C=O) groups excluding carboxylic acids is 1. The van der Waals surface area contributed by atoms with Crippen molar-refractivity contribution in [1.82, 2.24) is 20.2 Å². The number of nitrogens with zero attached hydrogens (tertiary/aromatic N) is 4. The zero-order valence-corrected chi connectivity index (χ0v) is 10.6. The number of carbonyl (C=O) groups is 1. The molecule has 17 heavy (non-hydrogen) atoms. The number of benzene rings is 1. The van der Waals surface area contributed by atoms with Gasteiger partial charge in [0.05, 0.1) is 0 Å². The Balaban J connectivity index is 2.04. The van der Waals surface area contributed by atoms with E-state index in [4.69, 9.17) is 0 Å². The lowest BCUT2D eigenvalue weighted by Gasteiger charge is -2.11. The predicted molar refractivity (Wildman–Crippen MR) is 65.3 cm³/mol. The van der Waals surface area contributed by atoms with E-state index in [0.29, 0.717) is 0 Å². The van der Waals surface area contributed by atoms with E-state index in [1.165, 1.54) is 11.0 Å². The van der Waals surface area contributed by atoms with Crippen molar-refractivity contribution in [2.24, 2.45) is 0 Å². The third-order valence-electron chi connectivity index (χ3n) is 2.25. The quantitative estimate of drug-likeness (QED) is 0.934. The molecule has 1 amide bonds. The summed E-state index contributed by atoms with van der Waals surface area (Å²) in [5, 5.41) is 13.4. The molecule has 0 radical (unpaired) electrons. The molecule has 2 aromatic rings. The van der Waals surface area contributed by atoms with Gasteiger partial charge in [0.25, 0.3) is 0 Å². The second kappa shape index (κ2) is 5.05. The largest absolute Gasteiger partial charge is 0.324 e. The molecule has 1 heterocycles. The molecule has 0 fully saturated rings. The van der Waals surface area contributed by atoms with Crippen molar-refractivity contribution in [3.05, 3.63) is 35.1 Å². The first kappa shape index (κ1) is 11.7. The molecular weight excluding hydrogens is 286 g/mol.